The topological polar surface area (TPSA) is 62.2 Å². The average Bonchev–Trinajstić information content (AvgIpc) is 2.39. The lowest BCUT2D eigenvalue weighted by Gasteiger charge is -1.96. The first kappa shape index (κ1) is 8.00. The lowest BCUT2D eigenvalue weighted by Crippen LogP contribution is -2.22. The molecule has 5 heteroatoms. The molecule has 1 amide bonds. The van der Waals surface area contributed by atoms with Crippen LogP contribution in [0.3, 0.4) is 0 Å². The maximum Gasteiger partial charge on any atom is 0.404 e. The van der Waals surface area contributed by atoms with Crippen molar-refractivity contribution >= 4 is 17.4 Å². The summed E-state index contributed by atoms with van der Waals surface area (Å²) in [6.45, 7) is 0.456. The summed E-state index contributed by atoms with van der Waals surface area (Å²) < 4.78 is 0. The van der Waals surface area contributed by atoms with E-state index in [1.165, 1.54) is 11.3 Å². The zero-order valence-electron chi connectivity index (χ0n) is 5.78. The third-order valence-corrected chi connectivity index (χ3v) is 1.97. The predicted octanol–water partition coefficient (Wildman–Crippen LogP) is 0.953. The highest BCUT2D eigenvalue weighted by molar-refractivity contribution is 7.09. The molecule has 0 aromatic carbocycles. The Morgan fingerprint density at radius 1 is 1.82 bits per heavy atom. The second-order valence-corrected chi connectivity index (χ2v) is 2.92. The van der Waals surface area contributed by atoms with E-state index in [2.05, 4.69) is 10.3 Å². The highest BCUT2D eigenvalue weighted by atomic mass is 32.1. The van der Waals surface area contributed by atoms with Crippen LogP contribution in [0, 0.1) is 0 Å². The van der Waals surface area contributed by atoms with Crippen molar-refractivity contribution in [2.45, 2.75) is 6.42 Å². The molecule has 1 aromatic heterocycles. The van der Waals surface area contributed by atoms with E-state index in [-0.39, 0.29) is 0 Å². The van der Waals surface area contributed by atoms with Gasteiger partial charge in [-0.2, -0.15) is 0 Å². The normalized spacial score (nSPS) is 9.45. The highest BCUT2D eigenvalue weighted by Gasteiger charge is 1.95. The van der Waals surface area contributed by atoms with Crippen molar-refractivity contribution in [2.75, 3.05) is 6.54 Å². The quantitative estimate of drug-likeness (QED) is 0.713. The Morgan fingerprint density at radius 3 is 3.18 bits per heavy atom. The molecule has 0 aliphatic carbocycles. The average molecular weight is 172 g/mol. The van der Waals surface area contributed by atoms with Gasteiger partial charge in [0.15, 0.2) is 0 Å². The Kier molecular flexibility index (Phi) is 2.85. The summed E-state index contributed by atoms with van der Waals surface area (Å²) in [6, 6.07) is 0. The van der Waals surface area contributed by atoms with Crippen molar-refractivity contribution in [3.8, 4) is 0 Å². The zero-order valence-corrected chi connectivity index (χ0v) is 6.60. The summed E-state index contributed by atoms with van der Waals surface area (Å²) >= 11 is 1.53. The van der Waals surface area contributed by atoms with E-state index >= 15 is 0 Å². The molecule has 0 aliphatic heterocycles. The number of rotatable bonds is 3. The Morgan fingerprint density at radius 2 is 2.64 bits per heavy atom. The van der Waals surface area contributed by atoms with Crippen molar-refractivity contribution in [1.29, 1.82) is 0 Å². The minimum absolute atomic E-state index is 0.456. The maximum atomic E-state index is 10.0. The molecule has 60 valence electrons. The molecular weight excluding hydrogens is 164 g/mol. The Hall–Kier alpha value is -1.10. The molecule has 0 aliphatic rings. The summed E-state index contributed by atoms with van der Waals surface area (Å²) in [6.07, 6.45) is 1.49. The van der Waals surface area contributed by atoms with Gasteiger partial charge in [0.1, 0.15) is 0 Å². The summed E-state index contributed by atoms with van der Waals surface area (Å²) in [5.74, 6) is 0. The van der Waals surface area contributed by atoms with Crippen molar-refractivity contribution in [2.24, 2.45) is 0 Å². The van der Waals surface area contributed by atoms with Crippen molar-refractivity contribution < 1.29 is 9.90 Å². The van der Waals surface area contributed by atoms with Gasteiger partial charge >= 0.3 is 6.09 Å². The van der Waals surface area contributed by atoms with Gasteiger partial charge in [-0.3, -0.25) is 4.98 Å². The molecule has 1 heterocycles. The van der Waals surface area contributed by atoms with E-state index in [0.717, 1.165) is 11.3 Å². The number of hydrogen-bond donors (Lipinski definition) is 2. The van der Waals surface area contributed by atoms with Crippen LogP contribution in [0.15, 0.2) is 11.7 Å². The van der Waals surface area contributed by atoms with E-state index in [9.17, 15) is 4.79 Å². The van der Waals surface area contributed by atoms with Gasteiger partial charge < -0.3 is 10.4 Å². The molecule has 1 rings (SSSR count). The summed E-state index contributed by atoms with van der Waals surface area (Å²) in [4.78, 5) is 15.0. The van der Waals surface area contributed by atoms with Gasteiger partial charge in [0, 0.05) is 24.0 Å². The highest BCUT2D eigenvalue weighted by Crippen LogP contribution is 2.04. The number of amides is 1. The Bertz CT molecular complexity index is 222. The molecule has 0 atom stereocenters. The number of carboxylic acid groups (broad SMARTS) is 1. The van der Waals surface area contributed by atoms with E-state index in [1.54, 1.807) is 11.7 Å². The SMILES string of the molecule is O=C(O)NCCc1cncs1. The van der Waals surface area contributed by atoms with E-state index < -0.39 is 6.09 Å². The molecule has 11 heavy (non-hydrogen) atoms. The van der Waals surface area contributed by atoms with Crippen LogP contribution in [-0.4, -0.2) is 22.7 Å². The van der Waals surface area contributed by atoms with Gasteiger partial charge in [0.25, 0.3) is 0 Å². The standard InChI is InChI=1S/C6H8N2O2S/c9-6(10)8-2-1-5-3-7-4-11-5/h3-4,8H,1-2H2,(H,9,10). The van der Waals surface area contributed by atoms with Crippen molar-refractivity contribution in [3.05, 3.63) is 16.6 Å². The fourth-order valence-electron chi connectivity index (χ4n) is 0.658. The van der Waals surface area contributed by atoms with Crippen LogP contribution in [0.5, 0.6) is 0 Å². The Balaban J connectivity index is 2.19. The smallest absolute Gasteiger partial charge is 0.404 e. The lowest BCUT2D eigenvalue weighted by atomic mass is 10.4. The van der Waals surface area contributed by atoms with E-state index in [4.69, 9.17) is 5.11 Å². The number of nitrogens with one attached hydrogen (secondary N) is 1. The van der Waals surface area contributed by atoms with Crippen LogP contribution in [0.25, 0.3) is 0 Å². The van der Waals surface area contributed by atoms with Crippen LogP contribution >= 0.6 is 11.3 Å². The predicted molar refractivity (Wildman–Crippen MR) is 41.8 cm³/mol. The maximum absolute atomic E-state index is 10.0. The third-order valence-electron chi connectivity index (χ3n) is 1.13. The number of hydrogen-bond acceptors (Lipinski definition) is 3. The van der Waals surface area contributed by atoms with Crippen LogP contribution < -0.4 is 5.32 Å². The number of thiazole rings is 1. The van der Waals surface area contributed by atoms with Gasteiger partial charge in [-0.15, -0.1) is 11.3 Å². The molecule has 0 spiro atoms. The minimum Gasteiger partial charge on any atom is -0.465 e. The largest absolute Gasteiger partial charge is 0.465 e. The molecule has 0 bridgehead atoms. The number of aromatic nitrogens is 1. The van der Waals surface area contributed by atoms with Crippen LogP contribution in [0.4, 0.5) is 4.79 Å². The van der Waals surface area contributed by atoms with E-state index in [0.29, 0.717) is 6.54 Å². The first-order valence-corrected chi connectivity index (χ1v) is 4.01. The summed E-state index contributed by atoms with van der Waals surface area (Å²) in [5.41, 5.74) is 1.73. The first-order valence-electron chi connectivity index (χ1n) is 3.13. The minimum atomic E-state index is -0.977. The molecular formula is C6H8N2O2S. The van der Waals surface area contributed by atoms with Crippen LogP contribution in [-0.2, 0) is 6.42 Å². The molecule has 0 radical (unpaired) electrons. The van der Waals surface area contributed by atoms with Gasteiger partial charge in [-0.1, -0.05) is 0 Å². The van der Waals surface area contributed by atoms with Crippen LogP contribution in [0.1, 0.15) is 4.88 Å². The monoisotopic (exact) mass is 172 g/mol. The summed E-state index contributed by atoms with van der Waals surface area (Å²) in [7, 11) is 0. The second-order valence-electron chi connectivity index (χ2n) is 1.95. The second kappa shape index (κ2) is 3.92. The molecule has 2 N–H and O–H groups in total. The lowest BCUT2D eigenvalue weighted by molar-refractivity contribution is 0.194. The third kappa shape index (κ3) is 2.99. The van der Waals surface area contributed by atoms with Crippen LogP contribution in [0.2, 0.25) is 0 Å². The first-order chi connectivity index (χ1) is 5.29. The molecule has 0 unspecified atom stereocenters. The summed E-state index contributed by atoms with van der Waals surface area (Å²) in [5, 5.41) is 10.5. The molecule has 0 saturated carbocycles. The zero-order chi connectivity index (χ0) is 8.10. The molecule has 4 nitrogen and oxygen atoms in total. The van der Waals surface area contributed by atoms with Gasteiger partial charge in [0.2, 0.25) is 0 Å². The molecule has 0 saturated heterocycles. The molecule has 0 fully saturated rings. The van der Waals surface area contributed by atoms with Gasteiger partial charge in [0.05, 0.1) is 5.51 Å². The van der Waals surface area contributed by atoms with Gasteiger partial charge in [-0.05, 0) is 0 Å². The molecule has 1 aromatic rings. The van der Waals surface area contributed by atoms with E-state index in [1.807, 2.05) is 0 Å². The van der Waals surface area contributed by atoms with Crippen molar-refractivity contribution in [1.82, 2.24) is 10.3 Å². The van der Waals surface area contributed by atoms with Crippen molar-refractivity contribution in [3.63, 3.8) is 0 Å². The Labute approximate surface area is 67.9 Å². The fraction of sp³-hybridized carbons (Fsp3) is 0.333. The number of carbonyl (C=O) groups is 1. The number of nitrogens with zero attached hydrogens (tertiary/aromatic N) is 1. The fourth-order valence-corrected chi connectivity index (χ4v) is 1.26. The van der Waals surface area contributed by atoms with Gasteiger partial charge in [-0.25, -0.2) is 4.79 Å².